The van der Waals surface area contributed by atoms with Gasteiger partial charge in [0, 0.05) is 24.1 Å². The number of amides is 2. The molecule has 1 rings (SSSR count). The maximum absolute atomic E-state index is 12.4. The Morgan fingerprint density at radius 2 is 2.10 bits per heavy atom. The molecule has 0 unspecified atom stereocenters. The molecule has 0 aliphatic heterocycles. The first-order chi connectivity index (χ1) is 9.99. The van der Waals surface area contributed by atoms with E-state index in [0.717, 1.165) is 5.56 Å². The number of aliphatic hydroxyl groups is 1. The SMILES string of the molecule is CCN(CC(N)=O)C(=O)c1cc(C#CCCO)ccc1C. The van der Waals surface area contributed by atoms with Crippen molar-refractivity contribution in [3.05, 3.63) is 34.9 Å². The van der Waals surface area contributed by atoms with Gasteiger partial charge in [0.2, 0.25) is 5.91 Å². The van der Waals surface area contributed by atoms with E-state index in [9.17, 15) is 9.59 Å². The molecule has 0 aliphatic rings. The van der Waals surface area contributed by atoms with Crippen LogP contribution in [0.5, 0.6) is 0 Å². The largest absolute Gasteiger partial charge is 0.395 e. The minimum atomic E-state index is -0.540. The molecule has 0 heterocycles. The van der Waals surface area contributed by atoms with Crippen LogP contribution in [0.25, 0.3) is 0 Å². The third kappa shape index (κ3) is 4.93. The minimum Gasteiger partial charge on any atom is -0.395 e. The number of primary amides is 1. The Balaban J connectivity index is 3.05. The summed E-state index contributed by atoms with van der Waals surface area (Å²) in [6.45, 7) is 3.93. The maximum Gasteiger partial charge on any atom is 0.254 e. The van der Waals surface area contributed by atoms with Crippen molar-refractivity contribution in [2.24, 2.45) is 5.73 Å². The molecule has 0 aliphatic carbocycles. The van der Waals surface area contributed by atoms with Crippen molar-refractivity contribution < 1.29 is 14.7 Å². The van der Waals surface area contributed by atoms with Crippen molar-refractivity contribution in [2.45, 2.75) is 20.3 Å². The van der Waals surface area contributed by atoms with E-state index in [1.165, 1.54) is 4.90 Å². The van der Waals surface area contributed by atoms with Gasteiger partial charge < -0.3 is 15.7 Å². The Hall–Kier alpha value is -2.32. The van der Waals surface area contributed by atoms with Gasteiger partial charge in [0.15, 0.2) is 0 Å². The number of nitrogens with two attached hydrogens (primary N) is 1. The van der Waals surface area contributed by atoms with Gasteiger partial charge in [-0.25, -0.2) is 0 Å². The van der Waals surface area contributed by atoms with E-state index in [4.69, 9.17) is 10.8 Å². The van der Waals surface area contributed by atoms with Gasteiger partial charge in [0.25, 0.3) is 5.91 Å². The molecule has 5 heteroatoms. The molecular formula is C16H20N2O3. The first-order valence-electron chi connectivity index (χ1n) is 6.77. The van der Waals surface area contributed by atoms with Crippen LogP contribution >= 0.6 is 0 Å². The number of aliphatic hydroxyl groups excluding tert-OH is 1. The molecule has 0 saturated heterocycles. The Labute approximate surface area is 124 Å². The third-order valence-electron chi connectivity index (χ3n) is 2.95. The average molecular weight is 288 g/mol. The molecule has 2 amide bonds. The summed E-state index contributed by atoms with van der Waals surface area (Å²) in [5.41, 5.74) is 7.18. The van der Waals surface area contributed by atoms with Crippen LogP contribution in [0, 0.1) is 18.8 Å². The van der Waals surface area contributed by atoms with Crippen molar-refractivity contribution in [3.8, 4) is 11.8 Å². The second-order valence-corrected chi connectivity index (χ2v) is 4.59. The number of benzene rings is 1. The predicted molar refractivity (Wildman–Crippen MR) is 80.5 cm³/mol. The Morgan fingerprint density at radius 1 is 1.38 bits per heavy atom. The van der Waals surface area contributed by atoms with Crippen LogP contribution in [0.2, 0.25) is 0 Å². The smallest absolute Gasteiger partial charge is 0.254 e. The predicted octanol–water partition coefficient (Wildman–Crippen LogP) is 0.676. The number of hydrogen-bond donors (Lipinski definition) is 2. The molecule has 112 valence electrons. The highest BCUT2D eigenvalue weighted by atomic mass is 16.2. The van der Waals surface area contributed by atoms with Gasteiger partial charge in [0.1, 0.15) is 0 Å². The molecule has 1 aromatic carbocycles. The average Bonchev–Trinajstić information content (AvgIpc) is 2.46. The summed E-state index contributed by atoms with van der Waals surface area (Å²) >= 11 is 0. The van der Waals surface area contributed by atoms with Crippen molar-refractivity contribution in [3.63, 3.8) is 0 Å². The van der Waals surface area contributed by atoms with Gasteiger partial charge in [-0.15, -0.1) is 0 Å². The zero-order chi connectivity index (χ0) is 15.8. The summed E-state index contributed by atoms with van der Waals surface area (Å²) in [6.07, 6.45) is 0.389. The highest BCUT2D eigenvalue weighted by Gasteiger charge is 2.18. The molecule has 0 atom stereocenters. The van der Waals surface area contributed by atoms with Crippen LogP contribution in [0.4, 0.5) is 0 Å². The van der Waals surface area contributed by atoms with E-state index in [1.807, 2.05) is 19.1 Å². The van der Waals surface area contributed by atoms with E-state index in [1.54, 1.807) is 13.0 Å². The van der Waals surface area contributed by atoms with E-state index in [2.05, 4.69) is 11.8 Å². The molecular weight excluding hydrogens is 268 g/mol. The van der Waals surface area contributed by atoms with Gasteiger partial charge in [-0.2, -0.15) is 0 Å². The molecule has 5 nitrogen and oxygen atoms in total. The van der Waals surface area contributed by atoms with Crippen LogP contribution in [0.1, 0.15) is 34.8 Å². The van der Waals surface area contributed by atoms with Gasteiger partial charge in [0.05, 0.1) is 13.2 Å². The summed E-state index contributed by atoms with van der Waals surface area (Å²) in [4.78, 5) is 24.9. The summed E-state index contributed by atoms with van der Waals surface area (Å²) in [6, 6.07) is 5.33. The van der Waals surface area contributed by atoms with Crippen molar-refractivity contribution in [1.82, 2.24) is 4.90 Å². The molecule has 0 spiro atoms. The first-order valence-corrected chi connectivity index (χ1v) is 6.77. The number of likely N-dealkylation sites (N-methyl/N-ethyl adjacent to an activating group) is 1. The number of carbonyl (C=O) groups excluding carboxylic acids is 2. The van der Waals surface area contributed by atoms with Gasteiger partial charge in [-0.05, 0) is 31.5 Å². The van der Waals surface area contributed by atoms with Crippen molar-refractivity contribution in [1.29, 1.82) is 0 Å². The van der Waals surface area contributed by atoms with Gasteiger partial charge >= 0.3 is 0 Å². The van der Waals surface area contributed by atoms with Crippen LogP contribution in [-0.4, -0.2) is 41.5 Å². The molecule has 0 bridgehead atoms. The van der Waals surface area contributed by atoms with Crippen molar-refractivity contribution >= 4 is 11.8 Å². The highest BCUT2D eigenvalue weighted by molar-refractivity contribution is 5.97. The molecule has 0 fully saturated rings. The number of nitrogens with zero attached hydrogens (tertiary/aromatic N) is 1. The standard InChI is InChI=1S/C16H20N2O3/c1-3-18(11-15(17)20)16(21)14-10-13(6-4-5-9-19)8-7-12(14)2/h7-8,10,19H,3,5,9,11H2,1-2H3,(H2,17,20). The lowest BCUT2D eigenvalue weighted by molar-refractivity contribution is -0.118. The lowest BCUT2D eigenvalue weighted by Gasteiger charge is -2.20. The number of aryl methyl sites for hydroxylation is 1. The Bertz CT molecular complexity index is 585. The third-order valence-corrected chi connectivity index (χ3v) is 2.95. The van der Waals surface area contributed by atoms with Crippen molar-refractivity contribution in [2.75, 3.05) is 19.7 Å². The molecule has 3 N–H and O–H groups in total. The summed E-state index contributed by atoms with van der Waals surface area (Å²) in [5, 5.41) is 8.71. The second kappa shape index (κ2) is 8.08. The van der Waals surface area contributed by atoms with E-state index in [0.29, 0.717) is 24.1 Å². The molecule has 0 saturated carbocycles. The van der Waals surface area contributed by atoms with Crippen LogP contribution in [0.15, 0.2) is 18.2 Å². The number of rotatable bonds is 5. The first kappa shape index (κ1) is 16.7. The van der Waals surface area contributed by atoms with E-state index < -0.39 is 5.91 Å². The molecule has 1 aromatic rings. The fraction of sp³-hybridized carbons (Fsp3) is 0.375. The fourth-order valence-corrected chi connectivity index (χ4v) is 1.84. The molecule has 21 heavy (non-hydrogen) atoms. The Kier molecular flexibility index (Phi) is 6.44. The minimum absolute atomic E-state index is 0.00682. The number of hydrogen-bond acceptors (Lipinski definition) is 3. The van der Waals surface area contributed by atoms with Crippen LogP contribution in [-0.2, 0) is 4.79 Å². The fourth-order valence-electron chi connectivity index (χ4n) is 1.84. The maximum atomic E-state index is 12.4. The molecule has 0 radical (unpaired) electrons. The lowest BCUT2D eigenvalue weighted by Crippen LogP contribution is -2.38. The lowest BCUT2D eigenvalue weighted by atomic mass is 10.0. The van der Waals surface area contributed by atoms with E-state index >= 15 is 0 Å². The molecule has 0 aromatic heterocycles. The van der Waals surface area contributed by atoms with Gasteiger partial charge in [-0.3, -0.25) is 9.59 Å². The Morgan fingerprint density at radius 3 is 2.67 bits per heavy atom. The van der Waals surface area contributed by atoms with Gasteiger partial charge in [-0.1, -0.05) is 17.9 Å². The summed E-state index contributed by atoms with van der Waals surface area (Å²) in [5.74, 6) is 4.93. The zero-order valence-electron chi connectivity index (χ0n) is 12.3. The monoisotopic (exact) mass is 288 g/mol. The van der Waals surface area contributed by atoms with E-state index in [-0.39, 0.29) is 19.1 Å². The summed E-state index contributed by atoms with van der Waals surface area (Å²) in [7, 11) is 0. The summed E-state index contributed by atoms with van der Waals surface area (Å²) < 4.78 is 0. The highest BCUT2D eigenvalue weighted by Crippen LogP contribution is 2.13. The van der Waals surface area contributed by atoms with Crippen LogP contribution < -0.4 is 5.73 Å². The zero-order valence-corrected chi connectivity index (χ0v) is 12.3. The number of carbonyl (C=O) groups is 2. The normalized spacial score (nSPS) is 9.67. The van der Waals surface area contributed by atoms with Crippen LogP contribution in [0.3, 0.4) is 0 Å². The second-order valence-electron chi connectivity index (χ2n) is 4.59. The topological polar surface area (TPSA) is 83.6 Å². The quantitative estimate of drug-likeness (QED) is 0.781.